The first-order valence-corrected chi connectivity index (χ1v) is 6.88. The standard InChI is InChI=1S/C10H15N3O3S/c11-9-3-4-12-7-10(9)17(14,15)13-6-8-2-1-5-16-8/h3-4,7-8,13H,1-2,5-6H2,(H2,11,12). The molecule has 1 fully saturated rings. The third kappa shape index (κ3) is 2.93. The van der Waals surface area contributed by atoms with Gasteiger partial charge in [-0.15, -0.1) is 0 Å². The van der Waals surface area contributed by atoms with Gasteiger partial charge in [0.15, 0.2) is 0 Å². The van der Waals surface area contributed by atoms with Crippen molar-refractivity contribution in [3.8, 4) is 0 Å². The highest BCUT2D eigenvalue weighted by Gasteiger charge is 2.21. The van der Waals surface area contributed by atoms with Crippen LogP contribution in [0.2, 0.25) is 0 Å². The van der Waals surface area contributed by atoms with E-state index < -0.39 is 10.0 Å². The van der Waals surface area contributed by atoms with Gasteiger partial charge < -0.3 is 10.5 Å². The maximum atomic E-state index is 11.9. The number of aromatic nitrogens is 1. The van der Waals surface area contributed by atoms with Gasteiger partial charge in [0.05, 0.1) is 11.8 Å². The largest absolute Gasteiger partial charge is 0.398 e. The summed E-state index contributed by atoms with van der Waals surface area (Å²) in [5, 5.41) is 0. The zero-order chi connectivity index (χ0) is 12.3. The van der Waals surface area contributed by atoms with E-state index in [0.29, 0.717) is 6.61 Å². The Morgan fingerprint density at radius 3 is 3.06 bits per heavy atom. The summed E-state index contributed by atoms with van der Waals surface area (Å²) in [6.45, 7) is 0.970. The number of nitrogens with zero attached hydrogens (tertiary/aromatic N) is 1. The molecule has 1 saturated heterocycles. The molecule has 1 aliphatic rings. The molecule has 2 heterocycles. The Morgan fingerprint density at radius 1 is 1.59 bits per heavy atom. The van der Waals surface area contributed by atoms with E-state index in [1.54, 1.807) is 0 Å². The third-order valence-electron chi connectivity index (χ3n) is 2.63. The Bertz CT molecular complexity index is 483. The lowest BCUT2D eigenvalue weighted by Gasteiger charge is -2.12. The number of rotatable bonds is 4. The lowest BCUT2D eigenvalue weighted by Crippen LogP contribution is -2.32. The fourth-order valence-corrected chi connectivity index (χ4v) is 2.84. The lowest BCUT2D eigenvalue weighted by atomic mass is 10.2. The van der Waals surface area contributed by atoms with Crippen LogP contribution in [-0.4, -0.2) is 32.7 Å². The third-order valence-corrected chi connectivity index (χ3v) is 4.10. The second-order valence-electron chi connectivity index (χ2n) is 3.90. The lowest BCUT2D eigenvalue weighted by molar-refractivity contribution is 0.114. The van der Waals surface area contributed by atoms with Crippen molar-refractivity contribution in [3.63, 3.8) is 0 Å². The molecule has 1 aromatic heterocycles. The minimum absolute atomic E-state index is 0.0120. The van der Waals surface area contributed by atoms with Crippen LogP contribution in [0.4, 0.5) is 5.69 Å². The first kappa shape index (κ1) is 12.3. The number of pyridine rings is 1. The average molecular weight is 257 g/mol. The molecule has 1 aliphatic heterocycles. The summed E-state index contributed by atoms with van der Waals surface area (Å²) in [7, 11) is -3.60. The zero-order valence-electron chi connectivity index (χ0n) is 9.30. The van der Waals surface area contributed by atoms with E-state index >= 15 is 0 Å². The Labute approximate surface area is 100 Å². The Morgan fingerprint density at radius 2 is 2.41 bits per heavy atom. The summed E-state index contributed by atoms with van der Waals surface area (Å²) >= 11 is 0. The SMILES string of the molecule is Nc1ccncc1S(=O)(=O)NCC1CCCO1. The van der Waals surface area contributed by atoms with Crippen LogP contribution in [0.3, 0.4) is 0 Å². The molecule has 0 aliphatic carbocycles. The summed E-state index contributed by atoms with van der Waals surface area (Å²) in [5.74, 6) is 0. The number of ether oxygens (including phenoxy) is 1. The van der Waals surface area contributed by atoms with Crippen LogP contribution < -0.4 is 10.5 Å². The van der Waals surface area contributed by atoms with Crippen LogP contribution in [0, 0.1) is 0 Å². The second-order valence-corrected chi connectivity index (χ2v) is 5.64. The van der Waals surface area contributed by atoms with Crippen molar-refractivity contribution in [3.05, 3.63) is 18.5 Å². The number of hydrogen-bond donors (Lipinski definition) is 2. The highest BCUT2D eigenvalue weighted by Crippen LogP contribution is 2.16. The zero-order valence-corrected chi connectivity index (χ0v) is 10.1. The van der Waals surface area contributed by atoms with E-state index in [-0.39, 0.29) is 23.2 Å². The average Bonchev–Trinajstić information content (AvgIpc) is 2.80. The van der Waals surface area contributed by atoms with Crippen LogP contribution >= 0.6 is 0 Å². The van der Waals surface area contributed by atoms with Crippen molar-refractivity contribution >= 4 is 15.7 Å². The van der Waals surface area contributed by atoms with E-state index in [0.717, 1.165) is 12.8 Å². The van der Waals surface area contributed by atoms with E-state index in [4.69, 9.17) is 10.5 Å². The molecular formula is C10H15N3O3S. The molecule has 7 heteroatoms. The number of hydrogen-bond acceptors (Lipinski definition) is 5. The molecule has 0 saturated carbocycles. The molecule has 17 heavy (non-hydrogen) atoms. The van der Waals surface area contributed by atoms with Crippen LogP contribution in [0.1, 0.15) is 12.8 Å². The first-order chi connectivity index (χ1) is 8.09. The molecule has 0 amide bonds. The highest BCUT2D eigenvalue weighted by atomic mass is 32.2. The maximum absolute atomic E-state index is 11.9. The highest BCUT2D eigenvalue weighted by molar-refractivity contribution is 7.89. The Hall–Kier alpha value is -1.18. The van der Waals surface area contributed by atoms with Gasteiger partial charge >= 0.3 is 0 Å². The van der Waals surface area contributed by atoms with Crippen molar-refractivity contribution in [2.24, 2.45) is 0 Å². The smallest absolute Gasteiger partial charge is 0.244 e. The van der Waals surface area contributed by atoms with Gasteiger partial charge in [-0.1, -0.05) is 0 Å². The van der Waals surface area contributed by atoms with Crippen molar-refractivity contribution in [2.45, 2.75) is 23.8 Å². The summed E-state index contributed by atoms with van der Waals surface area (Å²) < 4.78 is 31.7. The molecule has 2 rings (SSSR count). The number of nitrogens with two attached hydrogens (primary N) is 1. The van der Waals surface area contributed by atoms with Crippen molar-refractivity contribution in [1.29, 1.82) is 0 Å². The molecule has 0 radical (unpaired) electrons. The monoisotopic (exact) mass is 257 g/mol. The Kier molecular flexibility index (Phi) is 3.60. The molecular weight excluding hydrogens is 242 g/mol. The van der Waals surface area contributed by atoms with Gasteiger partial charge in [-0.2, -0.15) is 0 Å². The van der Waals surface area contributed by atoms with E-state index in [1.165, 1.54) is 18.5 Å². The van der Waals surface area contributed by atoms with Gasteiger partial charge in [0, 0.05) is 25.5 Å². The number of sulfonamides is 1. The molecule has 0 spiro atoms. The van der Waals surface area contributed by atoms with E-state index in [1.807, 2.05) is 0 Å². The van der Waals surface area contributed by atoms with Crippen LogP contribution in [0.5, 0.6) is 0 Å². The predicted octanol–water partition coefficient (Wildman–Crippen LogP) is 0.121. The molecule has 1 atom stereocenters. The van der Waals surface area contributed by atoms with Gasteiger partial charge in [0.2, 0.25) is 10.0 Å². The molecule has 94 valence electrons. The van der Waals surface area contributed by atoms with Crippen molar-refractivity contribution in [1.82, 2.24) is 9.71 Å². The summed E-state index contributed by atoms with van der Waals surface area (Å²) in [5.41, 5.74) is 5.79. The number of nitrogens with one attached hydrogen (secondary N) is 1. The summed E-state index contributed by atoms with van der Waals surface area (Å²) in [6.07, 6.45) is 4.51. The fourth-order valence-electron chi connectivity index (χ4n) is 1.70. The van der Waals surface area contributed by atoms with Crippen LogP contribution in [-0.2, 0) is 14.8 Å². The van der Waals surface area contributed by atoms with Gasteiger partial charge in [-0.25, -0.2) is 13.1 Å². The first-order valence-electron chi connectivity index (χ1n) is 5.40. The molecule has 1 aromatic rings. The molecule has 0 bridgehead atoms. The Balaban J connectivity index is 2.06. The molecule has 6 nitrogen and oxygen atoms in total. The molecule has 0 aromatic carbocycles. The quantitative estimate of drug-likeness (QED) is 0.799. The minimum atomic E-state index is -3.60. The maximum Gasteiger partial charge on any atom is 0.244 e. The summed E-state index contributed by atoms with van der Waals surface area (Å²) in [4.78, 5) is 3.77. The predicted molar refractivity (Wildman–Crippen MR) is 62.8 cm³/mol. The van der Waals surface area contributed by atoms with E-state index in [2.05, 4.69) is 9.71 Å². The van der Waals surface area contributed by atoms with Crippen molar-refractivity contribution in [2.75, 3.05) is 18.9 Å². The van der Waals surface area contributed by atoms with Crippen LogP contribution in [0.25, 0.3) is 0 Å². The number of nitrogen functional groups attached to an aromatic ring is 1. The summed E-state index contributed by atoms with van der Waals surface area (Å²) in [6, 6.07) is 1.46. The van der Waals surface area contributed by atoms with E-state index in [9.17, 15) is 8.42 Å². The topological polar surface area (TPSA) is 94.3 Å². The number of anilines is 1. The second kappa shape index (κ2) is 4.99. The van der Waals surface area contributed by atoms with Gasteiger partial charge in [-0.3, -0.25) is 4.98 Å². The normalized spacial score (nSPS) is 20.6. The molecule has 3 N–H and O–H groups in total. The minimum Gasteiger partial charge on any atom is -0.398 e. The van der Waals surface area contributed by atoms with Crippen LogP contribution in [0.15, 0.2) is 23.4 Å². The molecule has 1 unspecified atom stereocenters. The van der Waals surface area contributed by atoms with Gasteiger partial charge in [-0.05, 0) is 18.9 Å². The van der Waals surface area contributed by atoms with Gasteiger partial charge in [0.25, 0.3) is 0 Å². The fraction of sp³-hybridized carbons (Fsp3) is 0.500. The van der Waals surface area contributed by atoms with Crippen molar-refractivity contribution < 1.29 is 13.2 Å². The van der Waals surface area contributed by atoms with Gasteiger partial charge in [0.1, 0.15) is 4.90 Å².